The van der Waals surface area contributed by atoms with Crippen LogP contribution in [-0.4, -0.2) is 21.5 Å². The smallest absolute Gasteiger partial charge is 0.0628 e. The van der Waals surface area contributed by atoms with Gasteiger partial charge in [-0.2, -0.15) is 5.10 Å². The van der Waals surface area contributed by atoms with Crippen LogP contribution in [0.15, 0.2) is 36.5 Å². The minimum Gasteiger partial charge on any atom is -0.396 e. The highest BCUT2D eigenvalue weighted by Gasteiger charge is 2.13. The lowest BCUT2D eigenvalue weighted by molar-refractivity contribution is 0.223. The molecule has 3 nitrogen and oxygen atoms in total. The zero-order valence-electron chi connectivity index (χ0n) is 13.3. The molecule has 1 N–H and O–H groups in total. The maximum atomic E-state index is 9.65. The number of aliphatic hydroxyl groups is 1. The molecule has 1 heterocycles. The van der Waals surface area contributed by atoms with Crippen LogP contribution in [0.1, 0.15) is 43.1 Å². The molecule has 0 aliphatic heterocycles. The second-order valence-corrected chi connectivity index (χ2v) is 5.99. The summed E-state index contributed by atoms with van der Waals surface area (Å²) < 4.78 is 2.02. The third kappa shape index (κ3) is 4.43. The zero-order chi connectivity index (χ0) is 15.2. The Morgan fingerprint density at radius 1 is 1.24 bits per heavy atom. The molecule has 0 radical (unpaired) electrons. The molecule has 0 spiro atoms. The molecule has 3 heteroatoms. The summed E-state index contributed by atoms with van der Waals surface area (Å²) in [6.45, 7) is 6.64. The Kier molecular flexibility index (Phi) is 5.57. The average Bonchev–Trinajstić information content (AvgIpc) is 2.94. The SMILES string of the molecule is CCC(C)n1ccc(CC(CO)Cc2cccc(C)c2)n1. The lowest BCUT2D eigenvalue weighted by atomic mass is 9.95. The van der Waals surface area contributed by atoms with Crippen molar-refractivity contribution in [1.82, 2.24) is 9.78 Å². The Morgan fingerprint density at radius 2 is 2.05 bits per heavy atom. The van der Waals surface area contributed by atoms with E-state index in [1.807, 2.05) is 10.9 Å². The molecule has 0 amide bonds. The van der Waals surface area contributed by atoms with Crippen molar-refractivity contribution in [2.45, 2.75) is 46.1 Å². The predicted octanol–water partition coefficient (Wildman–Crippen LogP) is 3.56. The Morgan fingerprint density at radius 3 is 2.71 bits per heavy atom. The zero-order valence-corrected chi connectivity index (χ0v) is 13.3. The van der Waals surface area contributed by atoms with Crippen molar-refractivity contribution in [3.05, 3.63) is 53.3 Å². The quantitative estimate of drug-likeness (QED) is 0.845. The second-order valence-electron chi connectivity index (χ2n) is 5.99. The highest BCUT2D eigenvalue weighted by atomic mass is 16.3. The van der Waals surface area contributed by atoms with Crippen LogP contribution in [0.5, 0.6) is 0 Å². The van der Waals surface area contributed by atoms with Gasteiger partial charge in [0.05, 0.1) is 5.69 Å². The largest absolute Gasteiger partial charge is 0.396 e. The Bertz CT molecular complexity index is 562. The van der Waals surface area contributed by atoms with E-state index >= 15 is 0 Å². The molecule has 0 bridgehead atoms. The minimum atomic E-state index is 0.199. The lowest BCUT2D eigenvalue weighted by Gasteiger charge is -2.13. The third-order valence-electron chi connectivity index (χ3n) is 4.07. The summed E-state index contributed by atoms with van der Waals surface area (Å²) in [4.78, 5) is 0. The number of aromatic nitrogens is 2. The maximum absolute atomic E-state index is 9.65. The summed E-state index contributed by atoms with van der Waals surface area (Å²) >= 11 is 0. The van der Waals surface area contributed by atoms with Crippen LogP contribution in [0.3, 0.4) is 0 Å². The van der Waals surface area contributed by atoms with Gasteiger partial charge in [-0.25, -0.2) is 0 Å². The molecule has 1 aromatic carbocycles. The van der Waals surface area contributed by atoms with Crippen LogP contribution in [-0.2, 0) is 12.8 Å². The van der Waals surface area contributed by atoms with Crippen LogP contribution >= 0.6 is 0 Å². The van der Waals surface area contributed by atoms with Crippen molar-refractivity contribution < 1.29 is 5.11 Å². The molecule has 114 valence electrons. The van der Waals surface area contributed by atoms with E-state index in [0.29, 0.717) is 6.04 Å². The first-order valence-corrected chi connectivity index (χ1v) is 7.82. The summed E-state index contributed by atoms with van der Waals surface area (Å²) in [5.74, 6) is 0.229. The minimum absolute atomic E-state index is 0.199. The Balaban J connectivity index is 2.00. The van der Waals surface area contributed by atoms with Crippen molar-refractivity contribution in [2.75, 3.05) is 6.61 Å². The molecule has 2 atom stereocenters. The molecular weight excluding hydrogens is 260 g/mol. The number of nitrogens with zero attached hydrogens (tertiary/aromatic N) is 2. The van der Waals surface area contributed by atoms with Gasteiger partial charge in [-0.1, -0.05) is 36.8 Å². The number of rotatable bonds is 7. The summed E-state index contributed by atoms with van der Waals surface area (Å²) in [7, 11) is 0. The van der Waals surface area contributed by atoms with Crippen LogP contribution in [0.2, 0.25) is 0 Å². The average molecular weight is 286 g/mol. The fraction of sp³-hybridized carbons (Fsp3) is 0.500. The van der Waals surface area contributed by atoms with Gasteiger partial charge in [-0.05, 0) is 50.7 Å². The molecule has 0 saturated carbocycles. The van der Waals surface area contributed by atoms with Gasteiger partial charge in [-0.3, -0.25) is 4.68 Å². The van der Waals surface area contributed by atoms with E-state index in [1.54, 1.807) is 0 Å². The molecule has 2 rings (SSSR count). The summed E-state index contributed by atoms with van der Waals surface area (Å²) in [6, 6.07) is 11.0. The molecule has 21 heavy (non-hydrogen) atoms. The number of aryl methyl sites for hydroxylation is 1. The van der Waals surface area contributed by atoms with Gasteiger partial charge >= 0.3 is 0 Å². The van der Waals surface area contributed by atoms with Crippen molar-refractivity contribution in [2.24, 2.45) is 5.92 Å². The second kappa shape index (κ2) is 7.41. The van der Waals surface area contributed by atoms with Gasteiger partial charge in [0.1, 0.15) is 0 Å². The molecule has 0 saturated heterocycles. The van der Waals surface area contributed by atoms with Crippen molar-refractivity contribution in [3.8, 4) is 0 Å². The standard InChI is InChI=1S/C18H26N2O/c1-4-15(3)20-9-8-18(19-20)12-17(13-21)11-16-7-5-6-14(2)10-16/h5-10,15,17,21H,4,11-13H2,1-3H3. The van der Waals surface area contributed by atoms with E-state index in [-0.39, 0.29) is 12.5 Å². The van der Waals surface area contributed by atoms with Gasteiger partial charge in [0, 0.05) is 18.8 Å². The van der Waals surface area contributed by atoms with Crippen LogP contribution in [0, 0.1) is 12.8 Å². The first-order valence-electron chi connectivity index (χ1n) is 7.82. The van der Waals surface area contributed by atoms with Gasteiger partial charge in [0.15, 0.2) is 0 Å². The van der Waals surface area contributed by atoms with E-state index < -0.39 is 0 Å². The molecule has 0 fully saturated rings. The summed E-state index contributed by atoms with van der Waals surface area (Å²) in [6.07, 6.45) is 4.85. The van der Waals surface area contributed by atoms with Crippen molar-refractivity contribution in [3.63, 3.8) is 0 Å². The van der Waals surface area contributed by atoms with E-state index in [0.717, 1.165) is 25.0 Å². The van der Waals surface area contributed by atoms with Crippen molar-refractivity contribution >= 4 is 0 Å². The van der Waals surface area contributed by atoms with Crippen LogP contribution in [0.4, 0.5) is 0 Å². The molecule has 1 aromatic heterocycles. The van der Waals surface area contributed by atoms with Gasteiger partial charge < -0.3 is 5.11 Å². The fourth-order valence-electron chi connectivity index (χ4n) is 2.59. The van der Waals surface area contributed by atoms with Gasteiger partial charge in [-0.15, -0.1) is 0 Å². The van der Waals surface area contributed by atoms with Crippen molar-refractivity contribution in [1.29, 1.82) is 0 Å². The molecule has 0 aliphatic rings. The Hall–Kier alpha value is -1.61. The Labute approximate surface area is 127 Å². The number of hydrogen-bond acceptors (Lipinski definition) is 2. The number of benzene rings is 1. The third-order valence-corrected chi connectivity index (χ3v) is 4.07. The van der Waals surface area contributed by atoms with Crippen LogP contribution < -0.4 is 0 Å². The lowest BCUT2D eigenvalue weighted by Crippen LogP contribution is -2.14. The first kappa shape index (κ1) is 15.8. The van der Waals surface area contributed by atoms with Crippen LogP contribution in [0.25, 0.3) is 0 Å². The predicted molar refractivity (Wildman–Crippen MR) is 86.4 cm³/mol. The molecule has 2 aromatic rings. The highest BCUT2D eigenvalue weighted by Crippen LogP contribution is 2.16. The van der Waals surface area contributed by atoms with Gasteiger partial charge in [0.2, 0.25) is 0 Å². The maximum Gasteiger partial charge on any atom is 0.0628 e. The summed E-state index contributed by atoms with van der Waals surface area (Å²) in [5.41, 5.74) is 3.63. The van der Waals surface area contributed by atoms with E-state index in [9.17, 15) is 5.11 Å². The fourth-order valence-corrected chi connectivity index (χ4v) is 2.59. The normalized spacial score (nSPS) is 14.1. The van der Waals surface area contributed by atoms with E-state index in [1.165, 1.54) is 11.1 Å². The molecule has 0 aliphatic carbocycles. The topological polar surface area (TPSA) is 38.0 Å². The van der Waals surface area contributed by atoms with E-state index in [4.69, 9.17) is 0 Å². The highest BCUT2D eigenvalue weighted by molar-refractivity contribution is 5.22. The first-order chi connectivity index (χ1) is 10.1. The number of aliphatic hydroxyl groups excluding tert-OH is 1. The van der Waals surface area contributed by atoms with Gasteiger partial charge in [0.25, 0.3) is 0 Å². The summed E-state index contributed by atoms with van der Waals surface area (Å²) in [5, 5.41) is 14.3. The van der Waals surface area contributed by atoms with E-state index in [2.05, 4.69) is 56.2 Å². The molecular formula is C18H26N2O. The number of hydrogen-bond donors (Lipinski definition) is 1. The monoisotopic (exact) mass is 286 g/mol. The molecule has 2 unspecified atom stereocenters.